The Morgan fingerprint density at radius 2 is 1.97 bits per heavy atom. The van der Waals surface area contributed by atoms with Crippen LogP contribution in [0.2, 0.25) is 0 Å². The van der Waals surface area contributed by atoms with Gasteiger partial charge in [0, 0.05) is 49.3 Å². The largest absolute Gasteiger partial charge is 0.444 e. The zero-order valence-electron chi connectivity index (χ0n) is 19.5. The van der Waals surface area contributed by atoms with E-state index < -0.39 is 42.5 Å². The number of nitrogens with one attached hydrogen (secondary N) is 2. The van der Waals surface area contributed by atoms with Gasteiger partial charge in [-0.1, -0.05) is 0 Å². The second-order valence-corrected chi connectivity index (χ2v) is 9.32. The molecular formula is C22H24F4N6O4S. The molecule has 0 unspecified atom stereocenters. The minimum absolute atomic E-state index is 0.0940. The van der Waals surface area contributed by atoms with E-state index in [0.717, 1.165) is 21.9 Å². The Bertz CT molecular complexity index is 1120. The molecular weight excluding hydrogens is 520 g/mol. The molecule has 0 bridgehead atoms. The van der Waals surface area contributed by atoms with E-state index in [1.54, 1.807) is 11.7 Å². The number of halogens is 4. The molecule has 4 rings (SSSR count). The molecule has 1 aromatic carbocycles. The van der Waals surface area contributed by atoms with Gasteiger partial charge in [0.25, 0.3) is 6.43 Å². The number of amides is 3. The van der Waals surface area contributed by atoms with Crippen LogP contribution in [0, 0.1) is 11.6 Å². The molecule has 200 valence electrons. The lowest BCUT2D eigenvalue weighted by molar-refractivity contribution is -0.129. The summed E-state index contributed by atoms with van der Waals surface area (Å²) in [5.74, 6) is -3.09. The Hall–Kier alpha value is -3.46. The monoisotopic (exact) mass is 544 g/mol. The Morgan fingerprint density at radius 3 is 2.65 bits per heavy atom. The van der Waals surface area contributed by atoms with Crippen molar-refractivity contribution < 1.29 is 36.7 Å². The molecule has 2 aromatic rings. The molecule has 0 radical (unpaired) electrons. The third-order valence-electron chi connectivity index (χ3n) is 5.88. The lowest BCUT2D eigenvalue weighted by atomic mass is 10.1. The van der Waals surface area contributed by atoms with Crippen LogP contribution in [0.4, 0.5) is 38.5 Å². The van der Waals surface area contributed by atoms with Crippen LogP contribution in [0.3, 0.4) is 0 Å². The van der Waals surface area contributed by atoms with Gasteiger partial charge in [-0.25, -0.2) is 32.6 Å². The maximum atomic E-state index is 15.1. The molecule has 2 fully saturated rings. The van der Waals surface area contributed by atoms with Gasteiger partial charge < -0.3 is 15.0 Å². The molecule has 2 aliphatic heterocycles. The summed E-state index contributed by atoms with van der Waals surface area (Å²) in [7, 11) is 0. The van der Waals surface area contributed by atoms with Gasteiger partial charge >= 0.3 is 12.1 Å². The number of hydrazine groups is 1. The Balaban J connectivity index is 1.37. The molecule has 2 N–H and O–H groups in total. The quantitative estimate of drug-likeness (QED) is 0.493. The zero-order valence-corrected chi connectivity index (χ0v) is 20.3. The smallest absolute Gasteiger partial charge is 0.414 e. The third kappa shape index (κ3) is 6.46. The fourth-order valence-corrected chi connectivity index (χ4v) is 4.56. The molecule has 2 saturated heterocycles. The van der Waals surface area contributed by atoms with E-state index in [9.17, 15) is 23.2 Å². The molecule has 3 heterocycles. The van der Waals surface area contributed by atoms with Gasteiger partial charge in [0.05, 0.1) is 30.8 Å². The van der Waals surface area contributed by atoms with E-state index in [-0.39, 0.29) is 56.6 Å². The number of carbonyl (C=O) groups excluding carboxylic acids is 3. The van der Waals surface area contributed by atoms with Gasteiger partial charge in [-0.05, 0) is 6.42 Å². The van der Waals surface area contributed by atoms with Crippen molar-refractivity contribution in [1.82, 2.24) is 20.7 Å². The zero-order chi connectivity index (χ0) is 26.5. The van der Waals surface area contributed by atoms with Crippen molar-refractivity contribution in [1.29, 1.82) is 0 Å². The van der Waals surface area contributed by atoms with Gasteiger partial charge in [0.2, 0.25) is 0 Å². The first kappa shape index (κ1) is 26.6. The second-order valence-electron chi connectivity index (χ2n) is 8.35. The number of benzene rings is 1. The number of aromatic nitrogens is 1. The molecule has 15 heteroatoms. The van der Waals surface area contributed by atoms with E-state index in [1.165, 1.54) is 21.2 Å². The van der Waals surface area contributed by atoms with E-state index >= 15 is 8.78 Å². The maximum absolute atomic E-state index is 15.1. The first-order valence-corrected chi connectivity index (χ1v) is 12.3. The normalized spacial score (nSPS) is 18.2. The first-order chi connectivity index (χ1) is 17.7. The molecule has 0 aliphatic carbocycles. The number of hydrogen-bond donors (Lipinski definition) is 2. The summed E-state index contributed by atoms with van der Waals surface area (Å²) in [5, 5.41) is 4.09. The number of alkyl halides is 2. The molecule has 3 amide bonds. The minimum Gasteiger partial charge on any atom is -0.444 e. The topological polar surface area (TPSA) is 107 Å². The number of nitrogens with zero attached hydrogens (tertiary/aromatic N) is 4. The molecule has 1 atom stereocenters. The number of ketones is 1. The van der Waals surface area contributed by atoms with Crippen molar-refractivity contribution >= 4 is 40.6 Å². The summed E-state index contributed by atoms with van der Waals surface area (Å²) >= 11 is 1.40. The van der Waals surface area contributed by atoms with Crippen LogP contribution in [0.25, 0.3) is 0 Å². The molecule has 37 heavy (non-hydrogen) atoms. The molecule has 10 nitrogen and oxygen atoms in total. The molecule has 1 aromatic heterocycles. The van der Waals surface area contributed by atoms with Gasteiger partial charge in [-0.2, -0.15) is 0 Å². The number of cyclic esters (lactones) is 1. The number of Topliss-reactive ketones (excluding diaryl/α,β-unsaturated/α-hetero) is 1. The third-order valence-corrected chi connectivity index (χ3v) is 6.66. The highest BCUT2D eigenvalue weighted by molar-refractivity contribution is 7.09. The van der Waals surface area contributed by atoms with Crippen LogP contribution < -0.4 is 20.5 Å². The van der Waals surface area contributed by atoms with Crippen LogP contribution in [0.15, 0.2) is 23.8 Å². The Morgan fingerprint density at radius 1 is 1.22 bits per heavy atom. The number of carbonyl (C=O) groups is 3. The van der Waals surface area contributed by atoms with Gasteiger partial charge in [-0.3, -0.25) is 19.7 Å². The highest BCUT2D eigenvalue weighted by Gasteiger charge is 2.34. The minimum atomic E-state index is -3.11. The van der Waals surface area contributed by atoms with Crippen LogP contribution in [-0.4, -0.2) is 73.2 Å². The van der Waals surface area contributed by atoms with Crippen molar-refractivity contribution in [3.63, 3.8) is 0 Å². The number of ether oxygens (including phenoxy) is 1. The van der Waals surface area contributed by atoms with Gasteiger partial charge in [0.15, 0.2) is 17.4 Å². The fourth-order valence-electron chi connectivity index (χ4n) is 4.02. The van der Waals surface area contributed by atoms with Crippen LogP contribution in [-0.2, 0) is 16.1 Å². The van der Waals surface area contributed by atoms with E-state index in [1.807, 2.05) is 0 Å². The average molecular weight is 545 g/mol. The Labute approximate surface area is 213 Å². The van der Waals surface area contributed by atoms with E-state index in [2.05, 4.69) is 15.7 Å². The maximum Gasteiger partial charge on any atom is 0.414 e. The number of rotatable bonds is 8. The predicted octanol–water partition coefficient (Wildman–Crippen LogP) is 2.90. The number of thiazole rings is 1. The highest BCUT2D eigenvalue weighted by Crippen LogP contribution is 2.32. The lowest BCUT2D eigenvalue weighted by Gasteiger charge is -2.25. The van der Waals surface area contributed by atoms with Gasteiger partial charge in [0.1, 0.15) is 11.8 Å². The summed E-state index contributed by atoms with van der Waals surface area (Å²) in [6.07, 6.45) is -3.80. The number of urea groups is 1. The Kier molecular flexibility index (Phi) is 8.43. The van der Waals surface area contributed by atoms with Crippen LogP contribution in [0.5, 0.6) is 0 Å². The van der Waals surface area contributed by atoms with Crippen molar-refractivity contribution in [3.05, 3.63) is 40.4 Å². The number of hydrogen-bond acceptors (Lipinski definition) is 8. The summed E-state index contributed by atoms with van der Waals surface area (Å²) in [5.41, 5.74) is 4.18. The van der Waals surface area contributed by atoms with Crippen molar-refractivity contribution in [3.8, 4) is 0 Å². The first-order valence-electron chi connectivity index (χ1n) is 11.4. The number of anilines is 2. The SMILES string of the molecule is O=C(CC[C@H]1CN(c2cc(F)c(N3CCNN(C(=O)NCc4cncs4)CC3)c(F)c2)C(=O)O1)C(F)F. The summed E-state index contributed by atoms with van der Waals surface area (Å²) in [6, 6.07) is 1.60. The van der Waals surface area contributed by atoms with Crippen molar-refractivity contribution in [2.45, 2.75) is 31.9 Å². The van der Waals surface area contributed by atoms with Gasteiger partial charge in [-0.15, -0.1) is 11.3 Å². The summed E-state index contributed by atoms with van der Waals surface area (Å²) in [4.78, 5) is 43.1. The lowest BCUT2D eigenvalue weighted by Crippen LogP contribution is -2.48. The standard InChI is InChI=1S/C22H24F4N6O4S/c23-16-7-13(31-11-14(36-22(31)35)1-2-18(33)20(25)26)8-17(24)19(16)30-4-3-29-32(6-5-30)21(34)28-10-15-9-27-12-37-15/h7-9,12,14,20,29H,1-6,10-11H2,(H,28,34)/t14-/m0/s1. The van der Waals surface area contributed by atoms with Crippen molar-refractivity contribution in [2.24, 2.45) is 0 Å². The van der Waals surface area contributed by atoms with E-state index in [0.29, 0.717) is 6.54 Å². The second kappa shape index (κ2) is 11.7. The average Bonchev–Trinajstić information content (AvgIpc) is 3.44. The van der Waals surface area contributed by atoms with Crippen LogP contribution in [0.1, 0.15) is 17.7 Å². The van der Waals surface area contributed by atoms with E-state index in [4.69, 9.17) is 4.74 Å². The van der Waals surface area contributed by atoms with Crippen molar-refractivity contribution in [2.75, 3.05) is 42.5 Å². The molecule has 0 spiro atoms. The molecule has 2 aliphatic rings. The summed E-state index contributed by atoms with van der Waals surface area (Å²) < 4.78 is 60.0. The molecule has 0 saturated carbocycles. The predicted molar refractivity (Wildman–Crippen MR) is 125 cm³/mol. The fraction of sp³-hybridized carbons (Fsp3) is 0.455. The summed E-state index contributed by atoms with van der Waals surface area (Å²) in [6.45, 7) is 0.905. The van der Waals surface area contributed by atoms with Crippen LogP contribution >= 0.6 is 11.3 Å². The highest BCUT2D eigenvalue weighted by atomic mass is 32.1.